The number of pyridine rings is 1. The van der Waals surface area contributed by atoms with Gasteiger partial charge < -0.3 is 9.47 Å². The molecule has 0 N–H and O–H groups in total. The number of para-hydroxylation sites is 1. The molecule has 0 spiro atoms. The van der Waals surface area contributed by atoms with Gasteiger partial charge in [-0.3, -0.25) is 4.79 Å². The van der Waals surface area contributed by atoms with Crippen molar-refractivity contribution in [3.05, 3.63) is 41.1 Å². The number of esters is 2. The van der Waals surface area contributed by atoms with Crippen LogP contribution in [-0.2, 0) is 20.9 Å². The van der Waals surface area contributed by atoms with Gasteiger partial charge in [-0.2, -0.15) is 0 Å². The maximum atomic E-state index is 12.3. The van der Waals surface area contributed by atoms with Crippen molar-refractivity contribution >= 4 is 22.8 Å². The molecule has 1 fully saturated rings. The van der Waals surface area contributed by atoms with Crippen LogP contribution in [0.15, 0.2) is 24.3 Å². The molecule has 0 radical (unpaired) electrons. The smallest absolute Gasteiger partial charge is 0.340 e. The van der Waals surface area contributed by atoms with Gasteiger partial charge in [0.2, 0.25) is 0 Å². The van der Waals surface area contributed by atoms with E-state index in [0.29, 0.717) is 11.3 Å². The first-order valence-corrected chi connectivity index (χ1v) is 8.75. The first-order valence-electron chi connectivity index (χ1n) is 8.75. The second-order valence-corrected chi connectivity index (χ2v) is 6.51. The number of aromatic nitrogens is 1. The topological polar surface area (TPSA) is 65.5 Å². The molecule has 1 aromatic heterocycles. The number of nitrogens with zero attached hydrogens (tertiary/aromatic N) is 1. The molecule has 0 aliphatic heterocycles. The van der Waals surface area contributed by atoms with Gasteiger partial charge in [-0.1, -0.05) is 37.5 Å². The van der Waals surface area contributed by atoms with Crippen LogP contribution < -0.4 is 0 Å². The molecule has 1 heterocycles. The lowest BCUT2D eigenvalue weighted by Crippen LogP contribution is -2.21. The van der Waals surface area contributed by atoms with E-state index in [-0.39, 0.29) is 18.5 Å². The van der Waals surface area contributed by atoms with Crippen molar-refractivity contribution in [3.63, 3.8) is 0 Å². The fourth-order valence-electron chi connectivity index (χ4n) is 3.51. The van der Waals surface area contributed by atoms with Crippen molar-refractivity contribution in [1.82, 2.24) is 4.98 Å². The Labute approximate surface area is 147 Å². The van der Waals surface area contributed by atoms with E-state index < -0.39 is 5.97 Å². The summed E-state index contributed by atoms with van der Waals surface area (Å²) in [5.41, 5.74) is 2.40. The average Bonchev–Trinajstić information content (AvgIpc) is 2.66. The highest BCUT2D eigenvalue weighted by atomic mass is 16.5. The van der Waals surface area contributed by atoms with E-state index in [0.717, 1.165) is 42.1 Å². The van der Waals surface area contributed by atoms with Crippen molar-refractivity contribution in [1.29, 1.82) is 0 Å². The van der Waals surface area contributed by atoms with Crippen LogP contribution in [0.2, 0.25) is 0 Å². The van der Waals surface area contributed by atoms with Crippen LogP contribution in [0, 0.1) is 12.8 Å². The molecule has 0 unspecified atom stereocenters. The van der Waals surface area contributed by atoms with E-state index in [9.17, 15) is 9.59 Å². The zero-order valence-corrected chi connectivity index (χ0v) is 14.7. The van der Waals surface area contributed by atoms with Crippen LogP contribution in [-0.4, -0.2) is 24.0 Å². The van der Waals surface area contributed by atoms with Crippen LogP contribution in [0.1, 0.15) is 53.7 Å². The van der Waals surface area contributed by atoms with Crippen molar-refractivity contribution < 1.29 is 19.1 Å². The van der Waals surface area contributed by atoms with Crippen LogP contribution in [0.5, 0.6) is 0 Å². The fourth-order valence-corrected chi connectivity index (χ4v) is 3.51. The second-order valence-electron chi connectivity index (χ2n) is 6.51. The van der Waals surface area contributed by atoms with Gasteiger partial charge in [0.15, 0.2) is 0 Å². The van der Waals surface area contributed by atoms with Gasteiger partial charge in [-0.05, 0) is 31.4 Å². The minimum absolute atomic E-state index is 0.00849. The van der Waals surface area contributed by atoms with E-state index in [1.54, 1.807) is 0 Å². The normalized spacial score (nSPS) is 15.1. The van der Waals surface area contributed by atoms with Crippen molar-refractivity contribution in [2.24, 2.45) is 5.92 Å². The summed E-state index contributed by atoms with van der Waals surface area (Å²) in [4.78, 5) is 29.1. The minimum Gasteiger partial charge on any atom is -0.465 e. The predicted octanol–water partition coefficient (Wildman–Crippen LogP) is 3.95. The largest absolute Gasteiger partial charge is 0.465 e. The summed E-state index contributed by atoms with van der Waals surface area (Å²) >= 11 is 0. The van der Waals surface area contributed by atoms with Gasteiger partial charge >= 0.3 is 11.9 Å². The lowest BCUT2D eigenvalue weighted by atomic mass is 9.89. The van der Waals surface area contributed by atoms with Crippen LogP contribution in [0.3, 0.4) is 0 Å². The molecular weight excluding hydrogens is 318 g/mol. The number of carbonyl (C=O) groups excluding carboxylic acids is 2. The Morgan fingerprint density at radius 1 is 1.16 bits per heavy atom. The molecule has 0 atom stereocenters. The van der Waals surface area contributed by atoms with Crippen molar-refractivity contribution in [2.75, 3.05) is 7.11 Å². The van der Waals surface area contributed by atoms with Crippen LogP contribution in [0.4, 0.5) is 0 Å². The maximum Gasteiger partial charge on any atom is 0.340 e. The molecule has 1 aliphatic rings. The molecule has 25 heavy (non-hydrogen) atoms. The third-order valence-corrected chi connectivity index (χ3v) is 4.91. The number of methoxy groups -OCH3 is 1. The summed E-state index contributed by atoms with van der Waals surface area (Å²) < 4.78 is 10.4. The van der Waals surface area contributed by atoms with Crippen molar-refractivity contribution in [2.45, 2.75) is 45.6 Å². The molecule has 3 rings (SSSR count). The lowest BCUT2D eigenvalue weighted by molar-refractivity contribution is -0.151. The number of aryl methyl sites for hydroxylation is 1. The summed E-state index contributed by atoms with van der Waals surface area (Å²) in [5, 5.41) is 0.894. The molecule has 0 saturated heterocycles. The Hall–Kier alpha value is -2.43. The third-order valence-electron chi connectivity index (χ3n) is 4.91. The molecule has 2 aromatic rings. The van der Waals surface area contributed by atoms with Gasteiger partial charge in [0.1, 0.15) is 6.61 Å². The molecule has 5 nitrogen and oxygen atoms in total. The third kappa shape index (κ3) is 3.65. The predicted molar refractivity (Wildman–Crippen MR) is 94.2 cm³/mol. The monoisotopic (exact) mass is 341 g/mol. The maximum absolute atomic E-state index is 12.3. The van der Waals surface area contributed by atoms with Crippen molar-refractivity contribution in [3.8, 4) is 0 Å². The number of ether oxygens (including phenoxy) is 2. The summed E-state index contributed by atoms with van der Waals surface area (Å²) in [6, 6.07) is 7.60. The Balaban J connectivity index is 1.88. The van der Waals surface area contributed by atoms with Crippen LogP contribution in [0.25, 0.3) is 10.9 Å². The van der Waals surface area contributed by atoms with E-state index in [2.05, 4.69) is 4.98 Å². The molecule has 1 aromatic carbocycles. The first kappa shape index (κ1) is 17.4. The number of hydrogen-bond acceptors (Lipinski definition) is 5. The van der Waals surface area contributed by atoms with Gasteiger partial charge in [-0.15, -0.1) is 0 Å². The molecule has 5 heteroatoms. The number of rotatable bonds is 4. The van der Waals surface area contributed by atoms with Gasteiger partial charge in [-0.25, -0.2) is 9.78 Å². The second kappa shape index (κ2) is 7.64. The van der Waals surface area contributed by atoms with E-state index in [4.69, 9.17) is 9.47 Å². The Morgan fingerprint density at radius 3 is 2.60 bits per heavy atom. The van der Waals surface area contributed by atoms with Gasteiger partial charge in [0.25, 0.3) is 0 Å². The molecular formula is C20H23NO4. The number of benzene rings is 1. The van der Waals surface area contributed by atoms with Gasteiger partial charge in [0.05, 0.1) is 29.8 Å². The van der Waals surface area contributed by atoms with E-state index in [1.807, 2.05) is 31.2 Å². The molecule has 0 amide bonds. The summed E-state index contributed by atoms with van der Waals surface area (Å²) in [6.45, 7) is 1.86. The standard InChI is InChI=1S/C20H23NO4/c1-13-15-10-6-7-11-16(15)21-17(18(13)20(23)24-2)12-25-19(22)14-8-4-3-5-9-14/h6-7,10-11,14H,3-5,8-9,12H2,1-2H3. The average molecular weight is 341 g/mol. The molecule has 132 valence electrons. The Morgan fingerprint density at radius 2 is 1.88 bits per heavy atom. The minimum atomic E-state index is -0.459. The highest BCUT2D eigenvalue weighted by Gasteiger charge is 2.24. The Bertz CT molecular complexity index is 794. The highest BCUT2D eigenvalue weighted by molar-refractivity contribution is 5.98. The SMILES string of the molecule is COC(=O)c1c(COC(=O)C2CCCCC2)nc2ccccc2c1C. The highest BCUT2D eigenvalue weighted by Crippen LogP contribution is 2.27. The first-order chi connectivity index (χ1) is 12.1. The van der Waals surface area contributed by atoms with E-state index >= 15 is 0 Å². The number of fused-ring (bicyclic) bond motifs is 1. The van der Waals surface area contributed by atoms with E-state index in [1.165, 1.54) is 13.5 Å². The molecule has 1 aliphatic carbocycles. The summed E-state index contributed by atoms with van der Waals surface area (Å²) in [5.74, 6) is -0.681. The lowest BCUT2D eigenvalue weighted by Gasteiger charge is -2.20. The fraction of sp³-hybridized carbons (Fsp3) is 0.450. The zero-order chi connectivity index (χ0) is 17.8. The number of carbonyl (C=O) groups is 2. The summed E-state index contributed by atoms with van der Waals surface area (Å²) in [7, 11) is 1.34. The summed E-state index contributed by atoms with van der Waals surface area (Å²) in [6.07, 6.45) is 5.09. The molecule has 0 bridgehead atoms. The van der Waals surface area contributed by atoms with Crippen LogP contribution >= 0.6 is 0 Å². The zero-order valence-electron chi connectivity index (χ0n) is 14.7. The van der Waals surface area contributed by atoms with Gasteiger partial charge in [0, 0.05) is 5.39 Å². The quantitative estimate of drug-likeness (QED) is 0.788. The number of hydrogen-bond donors (Lipinski definition) is 0. The Kier molecular flexibility index (Phi) is 5.31. The molecule has 1 saturated carbocycles.